The Kier molecular flexibility index (Phi) is 7.74. The van der Waals surface area contributed by atoms with Crippen LogP contribution in [0.2, 0.25) is 0 Å². The van der Waals surface area contributed by atoms with Crippen LogP contribution >= 0.6 is 0 Å². The van der Waals surface area contributed by atoms with Gasteiger partial charge in [-0.05, 0) is 50.4 Å². The summed E-state index contributed by atoms with van der Waals surface area (Å²) in [5.41, 5.74) is 0. The highest BCUT2D eigenvalue weighted by atomic mass is 15.2. The van der Waals surface area contributed by atoms with Gasteiger partial charge in [0, 0.05) is 18.1 Å². The van der Waals surface area contributed by atoms with Crippen molar-refractivity contribution in [2.75, 3.05) is 0 Å². The number of hydrogen-bond acceptors (Lipinski definition) is 1. The van der Waals surface area contributed by atoms with E-state index in [1.807, 2.05) is 0 Å². The maximum Gasteiger partial charge on any atom is 0.0106 e. The van der Waals surface area contributed by atoms with Gasteiger partial charge in [-0.15, -0.1) is 0 Å². The lowest BCUT2D eigenvalue weighted by molar-refractivity contribution is 0.0203. The lowest BCUT2D eigenvalue weighted by Gasteiger charge is -2.47. The number of rotatable bonds is 7. The summed E-state index contributed by atoms with van der Waals surface area (Å²) >= 11 is 0. The Morgan fingerprint density at radius 2 is 1.00 bits per heavy atom. The highest BCUT2D eigenvalue weighted by Gasteiger charge is 2.34. The summed E-state index contributed by atoms with van der Waals surface area (Å²) in [4.78, 5) is 3.08. The van der Waals surface area contributed by atoms with Crippen molar-refractivity contribution in [2.45, 2.75) is 123 Å². The van der Waals surface area contributed by atoms with Gasteiger partial charge < -0.3 is 0 Å². The number of nitrogens with zero attached hydrogens (tertiary/aromatic N) is 1. The molecule has 0 bridgehead atoms. The second-order valence-corrected chi connectivity index (χ2v) is 8.94. The SMILES string of the molecule is CC(C)CC(CC(C)C)N(C1CCCCC1)C1CCCCC1. The molecule has 22 heavy (non-hydrogen) atoms. The molecule has 2 aliphatic rings. The quantitative estimate of drug-likeness (QED) is 0.525. The van der Waals surface area contributed by atoms with Gasteiger partial charge in [-0.25, -0.2) is 0 Å². The molecule has 0 aromatic heterocycles. The molecule has 0 amide bonds. The molecule has 0 spiro atoms. The van der Waals surface area contributed by atoms with Crippen molar-refractivity contribution < 1.29 is 0 Å². The minimum Gasteiger partial charge on any atom is -0.294 e. The van der Waals surface area contributed by atoms with Crippen LogP contribution in [-0.2, 0) is 0 Å². The summed E-state index contributed by atoms with van der Waals surface area (Å²) in [6, 6.07) is 2.64. The first-order chi connectivity index (χ1) is 10.6. The highest BCUT2D eigenvalue weighted by molar-refractivity contribution is 4.89. The Morgan fingerprint density at radius 3 is 1.32 bits per heavy atom. The van der Waals surface area contributed by atoms with E-state index in [2.05, 4.69) is 32.6 Å². The van der Waals surface area contributed by atoms with E-state index in [0.717, 1.165) is 30.0 Å². The first-order valence-electron chi connectivity index (χ1n) is 10.3. The molecule has 0 unspecified atom stereocenters. The molecule has 1 heteroatoms. The zero-order chi connectivity index (χ0) is 15.9. The molecule has 2 saturated carbocycles. The van der Waals surface area contributed by atoms with E-state index in [1.165, 1.54) is 77.0 Å². The Hall–Kier alpha value is -0.0400. The first kappa shape index (κ1) is 18.3. The first-order valence-corrected chi connectivity index (χ1v) is 10.3. The van der Waals surface area contributed by atoms with Crippen molar-refractivity contribution in [3.63, 3.8) is 0 Å². The van der Waals surface area contributed by atoms with E-state index < -0.39 is 0 Å². The molecule has 2 fully saturated rings. The van der Waals surface area contributed by atoms with Gasteiger partial charge in [-0.2, -0.15) is 0 Å². The van der Waals surface area contributed by atoms with Crippen molar-refractivity contribution in [1.82, 2.24) is 4.90 Å². The fourth-order valence-electron chi connectivity index (χ4n) is 5.08. The zero-order valence-electron chi connectivity index (χ0n) is 15.8. The predicted octanol–water partition coefficient (Wildman–Crippen LogP) is 6.41. The molecule has 0 heterocycles. The van der Waals surface area contributed by atoms with Crippen LogP contribution in [-0.4, -0.2) is 23.0 Å². The van der Waals surface area contributed by atoms with Crippen LogP contribution in [0.1, 0.15) is 105 Å². The number of hydrogen-bond donors (Lipinski definition) is 0. The molecule has 0 aromatic rings. The summed E-state index contributed by atoms with van der Waals surface area (Å²) in [5.74, 6) is 1.66. The molecule has 0 N–H and O–H groups in total. The average Bonchev–Trinajstić information content (AvgIpc) is 2.48. The van der Waals surface area contributed by atoms with Gasteiger partial charge in [0.2, 0.25) is 0 Å². The van der Waals surface area contributed by atoms with Gasteiger partial charge in [0.1, 0.15) is 0 Å². The lowest BCUT2D eigenvalue weighted by atomic mass is 9.84. The molecule has 130 valence electrons. The van der Waals surface area contributed by atoms with Gasteiger partial charge in [0.25, 0.3) is 0 Å². The molecule has 0 saturated heterocycles. The summed E-state index contributed by atoms with van der Waals surface area (Å²) in [5, 5.41) is 0. The van der Waals surface area contributed by atoms with E-state index in [0.29, 0.717) is 0 Å². The van der Waals surface area contributed by atoms with Crippen LogP contribution in [0.25, 0.3) is 0 Å². The van der Waals surface area contributed by atoms with Gasteiger partial charge in [0.05, 0.1) is 0 Å². The maximum absolute atomic E-state index is 3.08. The van der Waals surface area contributed by atoms with E-state index in [4.69, 9.17) is 0 Å². The lowest BCUT2D eigenvalue weighted by Crippen LogP contribution is -2.51. The molecule has 1 nitrogen and oxygen atoms in total. The van der Waals surface area contributed by atoms with Crippen molar-refractivity contribution >= 4 is 0 Å². The van der Waals surface area contributed by atoms with E-state index in [-0.39, 0.29) is 0 Å². The molecule has 0 atom stereocenters. The smallest absolute Gasteiger partial charge is 0.0106 e. The molecule has 0 aromatic carbocycles. The van der Waals surface area contributed by atoms with E-state index >= 15 is 0 Å². The Bertz CT molecular complexity index is 256. The summed E-state index contributed by atoms with van der Waals surface area (Å²) in [6.45, 7) is 9.70. The highest BCUT2D eigenvalue weighted by Crippen LogP contribution is 2.35. The minimum atomic E-state index is 0.832. The second kappa shape index (κ2) is 9.30. The average molecular weight is 308 g/mol. The molecular weight excluding hydrogens is 266 g/mol. The topological polar surface area (TPSA) is 3.24 Å². The van der Waals surface area contributed by atoms with Crippen molar-refractivity contribution in [3.8, 4) is 0 Å². The Morgan fingerprint density at radius 1 is 0.636 bits per heavy atom. The molecular formula is C21H41N. The molecule has 0 radical (unpaired) electrons. The van der Waals surface area contributed by atoms with Crippen molar-refractivity contribution in [2.24, 2.45) is 11.8 Å². The van der Waals surface area contributed by atoms with Gasteiger partial charge in [-0.3, -0.25) is 4.90 Å². The normalized spacial score (nSPS) is 22.4. The fourth-order valence-corrected chi connectivity index (χ4v) is 5.08. The fraction of sp³-hybridized carbons (Fsp3) is 1.00. The summed E-state index contributed by atoms with van der Waals surface area (Å²) in [7, 11) is 0. The maximum atomic E-state index is 3.08. The second-order valence-electron chi connectivity index (χ2n) is 8.94. The van der Waals surface area contributed by atoms with E-state index in [9.17, 15) is 0 Å². The van der Waals surface area contributed by atoms with E-state index in [1.54, 1.807) is 0 Å². The van der Waals surface area contributed by atoms with Crippen LogP contribution in [0.4, 0.5) is 0 Å². The van der Waals surface area contributed by atoms with Crippen molar-refractivity contribution in [3.05, 3.63) is 0 Å². The standard InChI is InChI=1S/C21H41N/c1-17(2)15-21(16-18(3)4)22(19-11-7-5-8-12-19)20-13-9-6-10-14-20/h17-21H,5-16H2,1-4H3. The Labute approximate surface area is 140 Å². The summed E-state index contributed by atoms with van der Waals surface area (Å²) in [6.07, 6.45) is 17.6. The largest absolute Gasteiger partial charge is 0.294 e. The third kappa shape index (κ3) is 5.55. The van der Waals surface area contributed by atoms with Crippen LogP contribution in [0.5, 0.6) is 0 Å². The molecule has 0 aliphatic heterocycles. The van der Waals surface area contributed by atoms with Gasteiger partial charge >= 0.3 is 0 Å². The Balaban J connectivity index is 2.13. The third-order valence-electron chi connectivity index (χ3n) is 5.90. The monoisotopic (exact) mass is 307 g/mol. The summed E-state index contributed by atoms with van der Waals surface area (Å²) < 4.78 is 0. The zero-order valence-corrected chi connectivity index (χ0v) is 15.8. The van der Waals surface area contributed by atoms with Gasteiger partial charge in [-0.1, -0.05) is 66.2 Å². The van der Waals surface area contributed by atoms with Crippen LogP contribution in [0, 0.1) is 11.8 Å². The van der Waals surface area contributed by atoms with Crippen molar-refractivity contribution in [1.29, 1.82) is 0 Å². The minimum absolute atomic E-state index is 0.832. The molecule has 2 rings (SSSR count). The predicted molar refractivity (Wildman–Crippen MR) is 98.3 cm³/mol. The van der Waals surface area contributed by atoms with Crippen LogP contribution in [0.3, 0.4) is 0 Å². The van der Waals surface area contributed by atoms with Crippen LogP contribution in [0.15, 0.2) is 0 Å². The van der Waals surface area contributed by atoms with Gasteiger partial charge in [0.15, 0.2) is 0 Å². The van der Waals surface area contributed by atoms with Crippen LogP contribution < -0.4 is 0 Å². The third-order valence-corrected chi connectivity index (χ3v) is 5.90. The molecule has 2 aliphatic carbocycles.